The third-order valence-corrected chi connectivity index (χ3v) is 5.51. The highest BCUT2D eigenvalue weighted by atomic mass is 35.5. The predicted octanol–water partition coefficient (Wildman–Crippen LogP) is 2.09. The molecule has 0 spiro atoms. The van der Waals surface area contributed by atoms with Crippen molar-refractivity contribution in [3.05, 3.63) is 23.8 Å². The first-order chi connectivity index (χ1) is 12.6. The zero-order chi connectivity index (χ0) is 18.1. The first kappa shape index (κ1) is 19.8. The van der Waals surface area contributed by atoms with Crippen LogP contribution < -0.4 is 9.47 Å². The summed E-state index contributed by atoms with van der Waals surface area (Å²) in [6, 6.07) is 5.37. The minimum atomic E-state index is -0.833. The highest BCUT2D eigenvalue weighted by molar-refractivity contribution is 5.85. The van der Waals surface area contributed by atoms with Crippen LogP contribution in [0.3, 0.4) is 0 Å². The van der Waals surface area contributed by atoms with E-state index < -0.39 is 12.0 Å². The molecule has 3 heterocycles. The number of fused-ring (bicyclic) bond motifs is 1. The van der Waals surface area contributed by atoms with E-state index in [-0.39, 0.29) is 30.9 Å². The van der Waals surface area contributed by atoms with Crippen LogP contribution in [0.25, 0.3) is 0 Å². The SMILES string of the molecule is Cl.O=C(O)[C@@H]1CCCN1CC(=O)N1CCCC1c1ccc2c(c1)OCCO2. The number of carbonyl (C=O) groups excluding carboxylic acids is 1. The number of benzene rings is 1. The molecule has 1 N–H and O–H groups in total. The van der Waals surface area contributed by atoms with Crippen LogP contribution in [0.15, 0.2) is 18.2 Å². The average molecular weight is 397 g/mol. The molecule has 2 saturated heterocycles. The highest BCUT2D eigenvalue weighted by Gasteiger charge is 2.36. The van der Waals surface area contributed by atoms with E-state index in [1.807, 2.05) is 23.1 Å². The highest BCUT2D eigenvalue weighted by Crippen LogP contribution is 2.38. The second kappa shape index (κ2) is 8.35. The molecule has 4 rings (SSSR count). The van der Waals surface area contributed by atoms with Gasteiger partial charge in [0.25, 0.3) is 0 Å². The summed E-state index contributed by atoms with van der Waals surface area (Å²) in [6.07, 6.45) is 3.31. The van der Waals surface area contributed by atoms with E-state index in [1.165, 1.54) is 0 Å². The maximum absolute atomic E-state index is 12.9. The molecule has 0 radical (unpaired) electrons. The summed E-state index contributed by atoms with van der Waals surface area (Å²) in [4.78, 5) is 27.9. The molecule has 0 bridgehead atoms. The lowest BCUT2D eigenvalue weighted by Gasteiger charge is -2.29. The lowest BCUT2D eigenvalue weighted by molar-refractivity contribution is -0.143. The Hall–Kier alpha value is -1.99. The van der Waals surface area contributed by atoms with Crippen molar-refractivity contribution >= 4 is 24.3 Å². The number of aliphatic carboxylic acids is 1. The van der Waals surface area contributed by atoms with Crippen LogP contribution in [0, 0.1) is 0 Å². The smallest absolute Gasteiger partial charge is 0.320 e. The Morgan fingerprint density at radius 2 is 1.81 bits per heavy atom. The molecule has 0 aromatic heterocycles. The summed E-state index contributed by atoms with van der Waals surface area (Å²) in [5, 5.41) is 9.31. The van der Waals surface area contributed by atoms with Crippen LogP contribution in [0.1, 0.15) is 37.3 Å². The van der Waals surface area contributed by atoms with Crippen LogP contribution in [0.5, 0.6) is 11.5 Å². The Labute approximate surface area is 164 Å². The Balaban J connectivity index is 0.00000210. The topological polar surface area (TPSA) is 79.3 Å². The third kappa shape index (κ3) is 3.99. The van der Waals surface area contributed by atoms with Crippen LogP contribution in [0.4, 0.5) is 0 Å². The van der Waals surface area contributed by atoms with Crippen molar-refractivity contribution in [2.75, 3.05) is 32.8 Å². The van der Waals surface area contributed by atoms with Gasteiger partial charge in [0, 0.05) is 6.54 Å². The molecule has 2 atom stereocenters. The number of carbonyl (C=O) groups is 2. The van der Waals surface area contributed by atoms with Crippen molar-refractivity contribution in [1.29, 1.82) is 0 Å². The van der Waals surface area contributed by atoms with Crippen molar-refractivity contribution in [2.24, 2.45) is 0 Å². The van der Waals surface area contributed by atoms with Gasteiger partial charge in [-0.1, -0.05) is 6.07 Å². The number of amides is 1. The third-order valence-electron chi connectivity index (χ3n) is 5.51. The van der Waals surface area contributed by atoms with Gasteiger partial charge in [-0.3, -0.25) is 14.5 Å². The number of carboxylic acids is 1. The quantitative estimate of drug-likeness (QED) is 0.839. The molecule has 2 fully saturated rings. The normalized spacial score (nSPS) is 24.5. The van der Waals surface area contributed by atoms with Crippen molar-refractivity contribution in [3.8, 4) is 11.5 Å². The molecule has 3 aliphatic heterocycles. The van der Waals surface area contributed by atoms with Crippen molar-refractivity contribution < 1.29 is 24.2 Å². The van der Waals surface area contributed by atoms with Crippen LogP contribution >= 0.6 is 12.4 Å². The van der Waals surface area contributed by atoms with Gasteiger partial charge in [0.2, 0.25) is 5.91 Å². The number of carboxylic acid groups (broad SMARTS) is 1. The number of hydrogen-bond donors (Lipinski definition) is 1. The van der Waals surface area contributed by atoms with E-state index in [4.69, 9.17) is 9.47 Å². The first-order valence-corrected chi connectivity index (χ1v) is 9.29. The van der Waals surface area contributed by atoms with Crippen LogP contribution in [-0.2, 0) is 9.59 Å². The van der Waals surface area contributed by atoms with E-state index in [0.29, 0.717) is 32.7 Å². The second-order valence-corrected chi connectivity index (χ2v) is 7.11. The number of nitrogens with zero attached hydrogens (tertiary/aromatic N) is 2. The summed E-state index contributed by atoms with van der Waals surface area (Å²) in [5.41, 5.74) is 1.05. The molecular weight excluding hydrogens is 372 g/mol. The average Bonchev–Trinajstić information content (AvgIpc) is 3.30. The monoisotopic (exact) mass is 396 g/mol. The zero-order valence-electron chi connectivity index (χ0n) is 15.1. The standard InChI is InChI=1S/C19H24N2O5.ClH/c22-18(12-20-7-1-4-15(20)19(23)24)21-8-2-3-14(21)13-5-6-16-17(11-13)26-10-9-25-16;/h5-6,11,14-15H,1-4,7-10,12H2,(H,23,24);1H/t14?,15-;/m0./s1. The first-order valence-electron chi connectivity index (χ1n) is 9.29. The van der Waals surface area contributed by atoms with Crippen molar-refractivity contribution in [1.82, 2.24) is 9.80 Å². The summed E-state index contributed by atoms with van der Waals surface area (Å²) >= 11 is 0. The number of likely N-dealkylation sites (tertiary alicyclic amines) is 2. The summed E-state index contributed by atoms with van der Waals surface area (Å²) in [5.74, 6) is 0.659. The zero-order valence-corrected chi connectivity index (χ0v) is 16.0. The van der Waals surface area contributed by atoms with Gasteiger partial charge in [-0.05, 0) is 49.9 Å². The molecule has 1 aromatic rings. The largest absolute Gasteiger partial charge is 0.486 e. The van der Waals surface area contributed by atoms with Crippen molar-refractivity contribution in [2.45, 2.75) is 37.8 Å². The number of ether oxygens (including phenoxy) is 2. The van der Waals surface area contributed by atoms with Gasteiger partial charge in [0.1, 0.15) is 19.3 Å². The molecule has 0 saturated carbocycles. The minimum Gasteiger partial charge on any atom is -0.486 e. The molecule has 8 heteroatoms. The molecule has 3 aliphatic rings. The molecule has 148 valence electrons. The summed E-state index contributed by atoms with van der Waals surface area (Å²) in [6.45, 7) is 2.66. The maximum Gasteiger partial charge on any atom is 0.320 e. The molecule has 1 unspecified atom stereocenters. The molecular formula is C19H25ClN2O5. The van der Waals surface area contributed by atoms with Crippen LogP contribution in [0.2, 0.25) is 0 Å². The van der Waals surface area contributed by atoms with Gasteiger partial charge < -0.3 is 19.5 Å². The van der Waals surface area contributed by atoms with E-state index >= 15 is 0 Å². The lowest BCUT2D eigenvalue weighted by atomic mass is 10.0. The van der Waals surface area contributed by atoms with E-state index in [2.05, 4.69) is 0 Å². The summed E-state index contributed by atoms with van der Waals surface area (Å²) in [7, 11) is 0. The maximum atomic E-state index is 12.9. The molecule has 1 aromatic carbocycles. The van der Waals surface area contributed by atoms with E-state index in [9.17, 15) is 14.7 Å². The van der Waals surface area contributed by atoms with E-state index in [0.717, 1.165) is 36.3 Å². The number of halogens is 1. The predicted molar refractivity (Wildman–Crippen MR) is 101 cm³/mol. The molecule has 7 nitrogen and oxygen atoms in total. The Bertz CT molecular complexity index is 713. The molecule has 0 aliphatic carbocycles. The molecule has 1 amide bonds. The Morgan fingerprint density at radius 3 is 2.59 bits per heavy atom. The Kier molecular flexibility index (Phi) is 6.11. The fourth-order valence-electron chi connectivity index (χ4n) is 4.24. The van der Waals surface area contributed by atoms with Gasteiger partial charge in [-0.25, -0.2) is 0 Å². The molecule has 27 heavy (non-hydrogen) atoms. The van der Waals surface area contributed by atoms with E-state index in [1.54, 1.807) is 4.90 Å². The number of hydrogen-bond acceptors (Lipinski definition) is 5. The fourth-order valence-corrected chi connectivity index (χ4v) is 4.24. The van der Waals surface area contributed by atoms with Gasteiger partial charge in [-0.15, -0.1) is 12.4 Å². The summed E-state index contributed by atoms with van der Waals surface area (Å²) < 4.78 is 11.2. The van der Waals surface area contributed by atoms with Gasteiger partial charge >= 0.3 is 5.97 Å². The minimum absolute atomic E-state index is 0. The van der Waals surface area contributed by atoms with Gasteiger partial charge in [0.15, 0.2) is 11.5 Å². The number of rotatable bonds is 4. The van der Waals surface area contributed by atoms with Gasteiger partial charge in [0.05, 0.1) is 12.6 Å². The fraction of sp³-hybridized carbons (Fsp3) is 0.579. The second-order valence-electron chi connectivity index (χ2n) is 7.11. The van der Waals surface area contributed by atoms with Crippen molar-refractivity contribution in [3.63, 3.8) is 0 Å². The lowest BCUT2D eigenvalue weighted by Crippen LogP contribution is -2.44. The van der Waals surface area contributed by atoms with Crippen LogP contribution in [-0.4, -0.2) is 65.7 Å². The Morgan fingerprint density at radius 1 is 1.07 bits per heavy atom. The van der Waals surface area contributed by atoms with Gasteiger partial charge in [-0.2, -0.15) is 0 Å².